The minimum absolute atomic E-state index is 0.0133. The predicted octanol–water partition coefficient (Wildman–Crippen LogP) is 2.73. The Morgan fingerprint density at radius 3 is 2.59 bits per heavy atom. The summed E-state index contributed by atoms with van der Waals surface area (Å²) >= 11 is 0. The summed E-state index contributed by atoms with van der Waals surface area (Å²) in [7, 11) is 0. The van der Waals surface area contributed by atoms with Gasteiger partial charge in [0.25, 0.3) is 5.91 Å². The lowest BCUT2D eigenvalue weighted by atomic mass is 10.1. The second kappa shape index (κ2) is 8.91. The number of amides is 1. The van der Waals surface area contributed by atoms with E-state index < -0.39 is 30.2 Å². The molecule has 1 aromatic heterocycles. The number of alkyl halides is 3. The van der Waals surface area contributed by atoms with Crippen LogP contribution in [0.4, 0.5) is 24.5 Å². The number of esters is 1. The first-order chi connectivity index (χ1) is 13.8. The van der Waals surface area contributed by atoms with E-state index in [1.807, 2.05) is 4.90 Å². The molecule has 0 radical (unpaired) electrons. The molecule has 1 aliphatic heterocycles. The van der Waals surface area contributed by atoms with Crippen molar-refractivity contribution in [2.24, 2.45) is 0 Å². The van der Waals surface area contributed by atoms with Gasteiger partial charge >= 0.3 is 12.1 Å². The largest absolute Gasteiger partial charge is 0.451 e. The maximum atomic E-state index is 13.1. The van der Waals surface area contributed by atoms with Gasteiger partial charge in [-0.15, -0.1) is 0 Å². The van der Waals surface area contributed by atoms with E-state index in [1.165, 1.54) is 18.3 Å². The number of ether oxygens (including phenoxy) is 2. The van der Waals surface area contributed by atoms with Gasteiger partial charge in [-0.3, -0.25) is 4.79 Å². The first kappa shape index (κ1) is 20.6. The van der Waals surface area contributed by atoms with E-state index >= 15 is 0 Å². The van der Waals surface area contributed by atoms with E-state index in [-0.39, 0.29) is 11.4 Å². The number of aromatic nitrogens is 1. The Labute approximate surface area is 164 Å². The fourth-order valence-electron chi connectivity index (χ4n) is 2.77. The van der Waals surface area contributed by atoms with Crippen LogP contribution in [0.5, 0.6) is 0 Å². The second-order valence-electron chi connectivity index (χ2n) is 6.17. The number of morpholine rings is 1. The summed E-state index contributed by atoms with van der Waals surface area (Å²) in [6.07, 6.45) is -3.16. The molecule has 1 aliphatic rings. The molecule has 1 fully saturated rings. The molecular weight excluding hydrogens is 391 g/mol. The Bertz CT molecular complexity index is 869. The molecular formula is C19H18F3N3O4. The van der Waals surface area contributed by atoms with Crippen molar-refractivity contribution in [2.75, 3.05) is 43.1 Å². The highest BCUT2D eigenvalue weighted by Gasteiger charge is 2.32. The molecule has 1 N–H and O–H groups in total. The van der Waals surface area contributed by atoms with Crippen molar-refractivity contribution in [3.8, 4) is 0 Å². The van der Waals surface area contributed by atoms with Crippen LogP contribution in [0, 0.1) is 0 Å². The minimum Gasteiger partial charge on any atom is -0.451 e. The maximum absolute atomic E-state index is 13.1. The molecule has 29 heavy (non-hydrogen) atoms. The average Bonchev–Trinajstić information content (AvgIpc) is 2.72. The van der Waals surface area contributed by atoms with Gasteiger partial charge in [0.05, 0.1) is 30.2 Å². The van der Waals surface area contributed by atoms with Crippen molar-refractivity contribution in [1.82, 2.24) is 4.98 Å². The van der Waals surface area contributed by atoms with Crippen LogP contribution < -0.4 is 10.2 Å². The third kappa shape index (κ3) is 5.44. The number of nitrogens with one attached hydrogen (secondary N) is 1. The number of hydrogen-bond acceptors (Lipinski definition) is 6. The molecule has 0 bridgehead atoms. The third-order valence-electron chi connectivity index (χ3n) is 4.16. The van der Waals surface area contributed by atoms with Crippen LogP contribution in [0.15, 0.2) is 42.6 Å². The zero-order chi connectivity index (χ0) is 20.9. The van der Waals surface area contributed by atoms with Crippen molar-refractivity contribution in [3.05, 3.63) is 53.9 Å². The average molecular weight is 409 g/mol. The number of rotatable bonds is 5. The lowest BCUT2D eigenvalue weighted by Gasteiger charge is -2.31. The van der Waals surface area contributed by atoms with Gasteiger partial charge in [-0.05, 0) is 30.3 Å². The molecule has 3 rings (SSSR count). The van der Waals surface area contributed by atoms with Gasteiger partial charge in [0.15, 0.2) is 6.61 Å². The molecule has 1 amide bonds. The number of nitrogens with zero attached hydrogens (tertiary/aromatic N) is 2. The van der Waals surface area contributed by atoms with Gasteiger partial charge in [-0.2, -0.15) is 13.2 Å². The van der Waals surface area contributed by atoms with E-state index in [4.69, 9.17) is 9.47 Å². The topological polar surface area (TPSA) is 80.8 Å². The smallest absolute Gasteiger partial charge is 0.416 e. The number of halogens is 3. The van der Waals surface area contributed by atoms with E-state index in [2.05, 4.69) is 10.3 Å². The summed E-state index contributed by atoms with van der Waals surface area (Å²) in [5.74, 6) is -1.57. The highest BCUT2D eigenvalue weighted by molar-refractivity contribution is 5.97. The number of pyridine rings is 1. The fraction of sp³-hybridized carbons (Fsp3) is 0.316. The SMILES string of the molecule is O=C(COC(=O)c1ccccn1)Nc1cc(C(F)(F)F)ccc1N1CCOCC1. The van der Waals surface area contributed by atoms with Crippen LogP contribution in [0.3, 0.4) is 0 Å². The summed E-state index contributed by atoms with van der Waals surface area (Å²) in [6, 6.07) is 7.75. The molecule has 0 atom stereocenters. The van der Waals surface area contributed by atoms with Crippen molar-refractivity contribution in [2.45, 2.75) is 6.18 Å². The molecule has 10 heteroatoms. The maximum Gasteiger partial charge on any atom is 0.416 e. The predicted molar refractivity (Wildman–Crippen MR) is 97.6 cm³/mol. The second-order valence-corrected chi connectivity index (χ2v) is 6.17. The van der Waals surface area contributed by atoms with E-state index in [0.29, 0.717) is 32.0 Å². The lowest BCUT2D eigenvalue weighted by molar-refractivity contribution is -0.137. The fourth-order valence-corrected chi connectivity index (χ4v) is 2.77. The Morgan fingerprint density at radius 1 is 1.17 bits per heavy atom. The molecule has 0 aliphatic carbocycles. The molecule has 1 saturated heterocycles. The van der Waals surface area contributed by atoms with Crippen LogP contribution in [0.25, 0.3) is 0 Å². The van der Waals surface area contributed by atoms with Gasteiger partial charge in [0, 0.05) is 19.3 Å². The van der Waals surface area contributed by atoms with Crippen LogP contribution in [-0.4, -0.2) is 49.8 Å². The minimum atomic E-state index is -4.56. The summed E-state index contributed by atoms with van der Waals surface area (Å²) in [4.78, 5) is 29.7. The van der Waals surface area contributed by atoms with Gasteiger partial charge in [0.2, 0.25) is 0 Å². The number of anilines is 2. The Balaban J connectivity index is 1.73. The Kier molecular flexibility index (Phi) is 6.32. The van der Waals surface area contributed by atoms with Crippen molar-refractivity contribution >= 4 is 23.3 Å². The highest BCUT2D eigenvalue weighted by atomic mass is 19.4. The monoisotopic (exact) mass is 409 g/mol. The van der Waals surface area contributed by atoms with Crippen molar-refractivity contribution in [1.29, 1.82) is 0 Å². The van der Waals surface area contributed by atoms with E-state index in [1.54, 1.807) is 12.1 Å². The zero-order valence-electron chi connectivity index (χ0n) is 15.2. The Hall–Kier alpha value is -3.14. The first-order valence-corrected chi connectivity index (χ1v) is 8.76. The molecule has 0 saturated carbocycles. The molecule has 7 nitrogen and oxygen atoms in total. The summed E-state index contributed by atoms with van der Waals surface area (Å²) in [5, 5.41) is 2.41. The quantitative estimate of drug-likeness (QED) is 0.765. The number of hydrogen-bond donors (Lipinski definition) is 1. The van der Waals surface area contributed by atoms with E-state index in [0.717, 1.165) is 12.1 Å². The highest BCUT2D eigenvalue weighted by Crippen LogP contribution is 2.35. The van der Waals surface area contributed by atoms with Crippen molar-refractivity contribution in [3.63, 3.8) is 0 Å². The molecule has 1 aromatic carbocycles. The summed E-state index contributed by atoms with van der Waals surface area (Å²) in [5.41, 5.74) is -0.449. The molecule has 0 unspecified atom stereocenters. The molecule has 2 heterocycles. The van der Waals surface area contributed by atoms with E-state index in [9.17, 15) is 22.8 Å². The third-order valence-corrected chi connectivity index (χ3v) is 4.16. The van der Waals surface area contributed by atoms with Crippen LogP contribution in [0.2, 0.25) is 0 Å². The Morgan fingerprint density at radius 2 is 1.93 bits per heavy atom. The van der Waals surface area contributed by atoms with Crippen LogP contribution >= 0.6 is 0 Å². The molecule has 154 valence electrons. The van der Waals surface area contributed by atoms with Gasteiger partial charge < -0.3 is 19.7 Å². The molecule has 2 aromatic rings. The van der Waals surface area contributed by atoms with Crippen LogP contribution in [-0.2, 0) is 20.4 Å². The van der Waals surface area contributed by atoms with Crippen molar-refractivity contribution < 1.29 is 32.2 Å². The summed E-state index contributed by atoms with van der Waals surface area (Å²) < 4.78 is 49.4. The lowest BCUT2D eigenvalue weighted by Crippen LogP contribution is -2.37. The first-order valence-electron chi connectivity index (χ1n) is 8.76. The van der Waals surface area contributed by atoms with Crippen LogP contribution in [0.1, 0.15) is 16.1 Å². The standard InChI is InChI=1S/C19H18F3N3O4/c20-19(21,22)13-4-5-16(25-7-9-28-10-8-25)15(11-13)24-17(26)12-29-18(27)14-3-1-2-6-23-14/h1-6,11H,7-10,12H2,(H,24,26). The van der Waals surface area contributed by atoms with Gasteiger partial charge in [0.1, 0.15) is 5.69 Å². The summed E-state index contributed by atoms with van der Waals surface area (Å²) in [6.45, 7) is 1.15. The molecule has 0 spiro atoms. The number of carbonyl (C=O) groups excluding carboxylic acids is 2. The van der Waals surface area contributed by atoms with Gasteiger partial charge in [-0.1, -0.05) is 6.07 Å². The normalized spacial score (nSPS) is 14.4. The zero-order valence-corrected chi connectivity index (χ0v) is 15.2. The number of carbonyl (C=O) groups is 2. The van der Waals surface area contributed by atoms with Gasteiger partial charge in [-0.25, -0.2) is 9.78 Å². The number of benzene rings is 1.